The third-order valence-corrected chi connectivity index (χ3v) is 2.74. The maximum Gasteiger partial charge on any atom is 0.230 e. The van der Waals surface area contributed by atoms with Crippen LogP contribution in [0.4, 0.5) is 0 Å². The third-order valence-electron chi connectivity index (χ3n) is 2.43. The summed E-state index contributed by atoms with van der Waals surface area (Å²) >= 11 is 6.02. The van der Waals surface area contributed by atoms with Crippen molar-refractivity contribution in [2.24, 2.45) is 10.9 Å². The monoisotopic (exact) mass is 277 g/mol. The summed E-state index contributed by atoms with van der Waals surface area (Å²) in [5, 5.41) is 12.2. The minimum Gasteiger partial charge on any atom is -0.437 e. The molecular weight excluding hydrogens is 266 g/mol. The van der Waals surface area contributed by atoms with Gasteiger partial charge in [0, 0.05) is 5.69 Å². The molecule has 0 aliphatic carbocycles. The van der Waals surface area contributed by atoms with Crippen LogP contribution in [0.2, 0.25) is 5.02 Å². The Kier molecular flexibility index (Phi) is 3.87. The van der Waals surface area contributed by atoms with Gasteiger partial charge in [0.2, 0.25) is 5.88 Å². The quantitative estimate of drug-likeness (QED) is 0.391. The molecule has 0 atom stereocenters. The zero-order chi connectivity index (χ0) is 13.8. The van der Waals surface area contributed by atoms with Gasteiger partial charge < -0.3 is 15.7 Å². The number of nitrogens with two attached hydrogens (primary N) is 1. The molecule has 0 amide bonds. The highest BCUT2D eigenvalue weighted by atomic mass is 35.5. The lowest BCUT2D eigenvalue weighted by atomic mass is 10.2. The van der Waals surface area contributed by atoms with E-state index in [1.807, 2.05) is 6.92 Å². The number of nitrogens with zero attached hydrogens (tertiary/aromatic N) is 2. The van der Waals surface area contributed by atoms with Crippen LogP contribution >= 0.6 is 11.6 Å². The molecule has 0 radical (unpaired) electrons. The van der Waals surface area contributed by atoms with E-state index in [0.29, 0.717) is 16.3 Å². The molecule has 0 fully saturated rings. The maximum absolute atomic E-state index is 8.76. The summed E-state index contributed by atoms with van der Waals surface area (Å²) in [4.78, 5) is 4.23. The molecule has 0 saturated carbocycles. The number of oxime groups is 1. The van der Waals surface area contributed by atoms with Crippen LogP contribution in [0.3, 0.4) is 0 Å². The average molecular weight is 278 g/mol. The number of hydrogen-bond acceptors (Lipinski definition) is 4. The fourth-order valence-corrected chi connectivity index (χ4v) is 1.67. The molecule has 1 heterocycles. The van der Waals surface area contributed by atoms with Gasteiger partial charge in [-0.05, 0) is 31.2 Å². The molecule has 0 aliphatic rings. The molecule has 0 aliphatic heterocycles. The first-order valence-corrected chi connectivity index (χ1v) is 5.87. The molecule has 5 nitrogen and oxygen atoms in total. The number of benzene rings is 1. The summed E-state index contributed by atoms with van der Waals surface area (Å²) < 4.78 is 5.63. The molecule has 2 aromatic rings. The van der Waals surface area contributed by atoms with E-state index in [1.54, 1.807) is 36.4 Å². The van der Waals surface area contributed by atoms with E-state index in [9.17, 15) is 0 Å². The minimum atomic E-state index is -0.0745. The SMILES string of the molecule is Cc1ccc(C(N)=NO)c(Oc2ccccc2Cl)n1. The second-order valence-corrected chi connectivity index (χ2v) is 4.23. The van der Waals surface area contributed by atoms with Gasteiger partial charge in [-0.3, -0.25) is 0 Å². The van der Waals surface area contributed by atoms with Crippen LogP contribution in [0.25, 0.3) is 0 Å². The number of aromatic nitrogens is 1. The van der Waals surface area contributed by atoms with Crippen LogP contribution in [0.1, 0.15) is 11.3 Å². The highest BCUT2D eigenvalue weighted by molar-refractivity contribution is 6.32. The highest BCUT2D eigenvalue weighted by Crippen LogP contribution is 2.29. The van der Waals surface area contributed by atoms with Crippen LogP contribution in [-0.2, 0) is 0 Å². The summed E-state index contributed by atoms with van der Waals surface area (Å²) in [6.07, 6.45) is 0. The Labute approximate surface area is 115 Å². The number of amidine groups is 1. The first kappa shape index (κ1) is 13.2. The first-order valence-electron chi connectivity index (χ1n) is 5.49. The van der Waals surface area contributed by atoms with Crippen molar-refractivity contribution in [3.63, 3.8) is 0 Å². The summed E-state index contributed by atoms with van der Waals surface area (Å²) in [5.74, 6) is 0.618. The van der Waals surface area contributed by atoms with Gasteiger partial charge in [0.05, 0.1) is 10.6 Å². The largest absolute Gasteiger partial charge is 0.437 e. The lowest BCUT2D eigenvalue weighted by Crippen LogP contribution is -2.15. The van der Waals surface area contributed by atoms with Crippen molar-refractivity contribution in [2.45, 2.75) is 6.92 Å². The van der Waals surface area contributed by atoms with Gasteiger partial charge in [-0.25, -0.2) is 4.98 Å². The highest BCUT2D eigenvalue weighted by Gasteiger charge is 2.12. The second-order valence-electron chi connectivity index (χ2n) is 3.82. The standard InChI is InChI=1S/C13H12ClN3O2/c1-8-6-7-9(12(15)17-18)13(16-8)19-11-5-3-2-4-10(11)14/h2-7,18H,1H3,(H2,15,17). The number of rotatable bonds is 3. The van der Waals surface area contributed by atoms with Gasteiger partial charge in [-0.15, -0.1) is 0 Å². The number of ether oxygens (including phenoxy) is 1. The fraction of sp³-hybridized carbons (Fsp3) is 0.0769. The Morgan fingerprint density at radius 3 is 2.74 bits per heavy atom. The predicted octanol–water partition coefficient (Wildman–Crippen LogP) is 2.93. The number of pyridine rings is 1. The molecule has 19 heavy (non-hydrogen) atoms. The molecule has 6 heteroatoms. The van der Waals surface area contributed by atoms with Gasteiger partial charge in [0.15, 0.2) is 5.84 Å². The Hall–Kier alpha value is -2.27. The van der Waals surface area contributed by atoms with Gasteiger partial charge in [0.25, 0.3) is 0 Å². The topological polar surface area (TPSA) is 80.7 Å². The molecule has 2 rings (SSSR count). The van der Waals surface area contributed by atoms with Crippen molar-refractivity contribution in [3.05, 3.63) is 52.7 Å². The van der Waals surface area contributed by atoms with Gasteiger partial charge >= 0.3 is 0 Å². The zero-order valence-corrected chi connectivity index (χ0v) is 10.9. The third kappa shape index (κ3) is 2.95. The van der Waals surface area contributed by atoms with E-state index >= 15 is 0 Å². The van der Waals surface area contributed by atoms with Crippen LogP contribution in [-0.4, -0.2) is 16.0 Å². The maximum atomic E-state index is 8.76. The lowest BCUT2D eigenvalue weighted by Gasteiger charge is -2.10. The normalized spacial score (nSPS) is 11.4. The van der Waals surface area contributed by atoms with Crippen LogP contribution in [0.15, 0.2) is 41.6 Å². The zero-order valence-electron chi connectivity index (χ0n) is 10.2. The fourth-order valence-electron chi connectivity index (χ4n) is 1.49. The minimum absolute atomic E-state index is 0.0745. The summed E-state index contributed by atoms with van der Waals surface area (Å²) in [5.41, 5.74) is 6.73. The van der Waals surface area contributed by atoms with E-state index in [4.69, 9.17) is 27.3 Å². The van der Waals surface area contributed by atoms with Crippen LogP contribution < -0.4 is 10.5 Å². The number of hydrogen-bond donors (Lipinski definition) is 2. The first-order chi connectivity index (χ1) is 9.11. The van der Waals surface area contributed by atoms with E-state index in [2.05, 4.69) is 10.1 Å². The van der Waals surface area contributed by atoms with Gasteiger partial charge in [0.1, 0.15) is 5.75 Å². The number of halogens is 1. The summed E-state index contributed by atoms with van der Waals surface area (Å²) in [6, 6.07) is 10.4. The average Bonchev–Trinajstić information content (AvgIpc) is 2.41. The molecule has 0 spiro atoms. The summed E-state index contributed by atoms with van der Waals surface area (Å²) in [6.45, 7) is 1.81. The molecule has 0 saturated heterocycles. The van der Waals surface area contributed by atoms with Crippen molar-refractivity contribution >= 4 is 17.4 Å². The van der Waals surface area contributed by atoms with Crippen molar-refractivity contribution in [2.75, 3.05) is 0 Å². The van der Waals surface area contributed by atoms with E-state index in [-0.39, 0.29) is 11.7 Å². The van der Waals surface area contributed by atoms with Crippen molar-refractivity contribution in [3.8, 4) is 11.6 Å². The molecule has 98 valence electrons. The molecule has 1 aromatic heterocycles. The molecular formula is C13H12ClN3O2. The molecule has 1 aromatic carbocycles. The van der Waals surface area contributed by atoms with Crippen LogP contribution in [0, 0.1) is 6.92 Å². The van der Waals surface area contributed by atoms with Gasteiger partial charge in [-0.1, -0.05) is 28.9 Å². The Bertz CT molecular complexity index is 629. The predicted molar refractivity (Wildman–Crippen MR) is 73.0 cm³/mol. The Morgan fingerprint density at radius 1 is 1.32 bits per heavy atom. The number of aryl methyl sites for hydroxylation is 1. The number of para-hydroxylation sites is 1. The van der Waals surface area contributed by atoms with E-state index in [0.717, 1.165) is 5.69 Å². The molecule has 3 N–H and O–H groups in total. The Morgan fingerprint density at radius 2 is 2.05 bits per heavy atom. The summed E-state index contributed by atoms with van der Waals surface area (Å²) in [7, 11) is 0. The van der Waals surface area contributed by atoms with E-state index in [1.165, 1.54) is 0 Å². The van der Waals surface area contributed by atoms with E-state index < -0.39 is 0 Å². The van der Waals surface area contributed by atoms with Crippen molar-refractivity contribution in [1.29, 1.82) is 0 Å². The lowest BCUT2D eigenvalue weighted by molar-refractivity contribution is 0.318. The smallest absolute Gasteiger partial charge is 0.230 e. The second kappa shape index (κ2) is 5.58. The van der Waals surface area contributed by atoms with Crippen LogP contribution in [0.5, 0.6) is 11.6 Å². The molecule has 0 bridgehead atoms. The molecule has 0 unspecified atom stereocenters. The Balaban J connectivity index is 2.44. The van der Waals surface area contributed by atoms with Crippen molar-refractivity contribution in [1.82, 2.24) is 4.98 Å². The van der Waals surface area contributed by atoms with Crippen molar-refractivity contribution < 1.29 is 9.94 Å². The van der Waals surface area contributed by atoms with Gasteiger partial charge in [-0.2, -0.15) is 0 Å².